The van der Waals surface area contributed by atoms with Crippen molar-refractivity contribution in [2.75, 3.05) is 0 Å². The molecule has 0 saturated heterocycles. The Hall–Kier alpha value is -2.23. The largest absolute Gasteiger partial charge is 0.423 e. The monoisotopic (exact) mass is 214 g/mol. The van der Waals surface area contributed by atoms with Crippen LogP contribution in [0.15, 0.2) is 37.2 Å². The van der Waals surface area contributed by atoms with Crippen LogP contribution in [0, 0.1) is 6.92 Å². The van der Waals surface area contributed by atoms with Crippen LogP contribution < -0.4 is 4.74 Å². The molecule has 1 heterocycles. The van der Waals surface area contributed by atoms with E-state index in [1.54, 1.807) is 18.2 Å². The molecule has 0 amide bonds. The van der Waals surface area contributed by atoms with Crippen molar-refractivity contribution >= 4 is 16.9 Å². The first-order valence-corrected chi connectivity index (χ1v) is 4.76. The second kappa shape index (κ2) is 4.10. The zero-order valence-corrected chi connectivity index (χ0v) is 8.80. The Bertz CT molecular complexity index is 564. The maximum Gasteiger partial charge on any atom is 0.335 e. The molecular weight excluding hydrogens is 204 g/mol. The van der Waals surface area contributed by atoms with Crippen molar-refractivity contribution in [3.8, 4) is 5.75 Å². The highest BCUT2D eigenvalue weighted by Crippen LogP contribution is 2.20. The quantitative estimate of drug-likeness (QED) is 0.436. The van der Waals surface area contributed by atoms with E-state index in [9.17, 15) is 4.79 Å². The van der Waals surface area contributed by atoms with E-state index >= 15 is 0 Å². The molecule has 0 fully saturated rings. The van der Waals surface area contributed by atoms with E-state index in [2.05, 4.69) is 16.5 Å². The van der Waals surface area contributed by atoms with Crippen molar-refractivity contribution in [3.05, 3.63) is 42.9 Å². The summed E-state index contributed by atoms with van der Waals surface area (Å²) in [6, 6.07) is 5.22. The van der Waals surface area contributed by atoms with Crippen LogP contribution in [-0.2, 0) is 4.79 Å². The zero-order chi connectivity index (χ0) is 11.5. The fraction of sp³-hybridized carbons (Fsp3) is 0.0833. The second-order valence-corrected chi connectivity index (χ2v) is 3.26. The number of carbonyl (C=O) groups is 1. The van der Waals surface area contributed by atoms with Crippen LogP contribution in [0.3, 0.4) is 0 Å². The normalized spacial score (nSPS) is 10.1. The number of carbonyl (C=O) groups excluding carboxylic acids is 1. The number of hydrogen-bond donors (Lipinski definition) is 0. The molecule has 0 aliphatic heterocycles. The fourth-order valence-corrected chi connectivity index (χ4v) is 1.39. The van der Waals surface area contributed by atoms with Crippen molar-refractivity contribution in [2.24, 2.45) is 0 Å². The smallest absolute Gasteiger partial charge is 0.335 e. The number of hydrogen-bond acceptors (Lipinski definition) is 4. The Morgan fingerprint density at radius 2 is 2.25 bits per heavy atom. The van der Waals surface area contributed by atoms with E-state index in [1.165, 1.54) is 6.33 Å². The van der Waals surface area contributed by atoms with Crippen LogP contribution in [0.4, 0.5) is 0 Å². The SMILES string of the molecule is C=CC(=O)Oc1ccc2ncnc(C)c2c1. The van der Waals surface area contributed by atoms with Gasteiger partial charge in [-0.25, -0.2) is 14.8 Å². The van der Waals surface area contributed by atoms with Crippen molar-refractivity contribution in [1.82, 2.24) is 9.97 Å². The van der Waals surface area contributed by atoms with Gasteiger partial charge in [-0.2, -0.15) is 0 Å². The standard InChI is InChI=1S/C12H10N2O2/c1-3-12(15)16-9-4-5-11-10(6-9)8(2)13-7-14-11/h3-7H,1H2,2H3. The van der Waals surface area contributed by atoms with Gasteiger partial charge in [0.25, 0.3) is 0 Å². The molecule has 0 spiro atoms. The topological polar surface area (TPSA) is 52.1 Å². The minimum absolute atomic E-state index is 0.468. The molecule has 1 aromatic heterocycles. The van der Waals surface area contributed by atoms with E-state index in [0.717, 1.165) is 22.7 Å². The molecule has 0 N–H and O–H groups in total. The number of esters is 1. The summed E-state index contributed by atoms with van der Waals surface area (Å²) in [5, 5.41) is 0.872. The molecular formula is C12H10N2O2. The molecule has 4 nitrogen and oxygen atoms in total. The van der Waals surface area contributed by atoms with Gasteiger partial charge in [-0.15, -0.1) is 0 Å². The molecule has 0 bridgehead atoms. The van der Waals surface area contributed by atoms with Gasteiger partial charge in [-0.05, 0) is 25.1 Å². The van der Waals surface area contributed by atoms with E-state index in [-0.39, 0.29) is 0 Å². The van der Waals surface area contributed by atoms with Crippen LogP contribution in [0.1, 0.15) is 5.69 Å². The Morgan fingerprint density at radius 1 is 1.44 bits per heavy atom. The predicted molar refractivity (Wildman–Crippen MR) is 60.1 cm³/mol. The van der Waals surface area contributed by atoms with Crippen LogP contribution in [-0.4, -0.2) is 15.9 Å². The molecule has 0 saturated carbocycles. The maximum absolute atomic E-state index is 11.0. The Kier molecular flexibility index (Phi) is 2.64. The molecule has 1 aromatic carbocycles. The van der Waals surface area contributed by atoms with Gasteiger partial charge in [0.2, 0.25) is 0 Å². The summed E-state index contributed by atoms with van der Waals surface area (Å²) in [5.74, 6) is -0.0100. The maximum atomic E-state index is 11.0. The third kappa shape index (κ3) is 1.91. The highest BCUT2D eigenvalue weighted by Gasteiger charge is 2.04. The fourth-order valence-electron chi connectivity index (χ4n) is 1.39. The van der Waals surface area contributed by atoms with Gasteiger partial charge in [0.05, 0.1) is 5.52 Å². The summed E-state index contributed by atoms with van der Waals surface area (Å²) < 4.78 is 5.01. The Balaban J connectivity index is 2.47. The summed E-state index contributed by atoms with van der Waals surface area (Å²) in [6.45, 7) is 5.22. The number of aromatic nitrogens is 2. The number of aryl methyl sites for hydroxylation is 1. The summed E-state index contributed by atoms with van der Waals surface area (Å²) >= 11 is 0. The molecule has 0 radical (unpaired) electrons. The lowest BCUT2D eigenvalue weighted by atomic mass is 10.2. The molecule has 0 atom stereocenters. The zero-order valence-electron chi connectivity index (χ0n) is 8.80. The van der Waals surface area contributed by atoms with Gasteiger partial charge < -0.3 is 4.74 Å². The number of nitrogens with zero attached hydrogens (tertiary/aromatic N) is 2. The summed E-state index contributed by atoms with van der Waals surface area (Å²) in [5.41, 5.74) is 1.67. The lowest BCUT2D eigenvalue weighted by Crippen LogP contribution is -2.03. The highest BCUT2D eigenvalue weighted by molar-refractivity contribution is 5.86. The Labute approximate surface area is 92.6 Å². The number of ether oxygens (including phenoxy) is 1. The van der Waals surface area contributed by atoms with Crippen molar-refractivity contribution < 1.29 is 9.53 Å². The van der Waals surface area contributed by atoms with Gasteiger partial charge in [0, 0.05) is 17.2 Å². The summed E-state index contributed by atoms with van der Waals surface area (Å²) in [4.78, 5) is 19.2. The van der Waals surface area contributed by atoms with E-state index < -0.39 is 5.97 Å². The molecule has 4 heteroatoms. The Morgan fingerprint density at radius 3 is 3.00 bits per heavy atom. The molecule has 0 aliphatic rings. The van der Waals surface area contributed by atoms with Gasteiger partial charge >= 0.3 is 5.97 Å². The van der Waals surface area contributed by atoms with Gasteiger partial charge in [0.1, 0.15) is 12.1 Å². The average Bonchev–Trinajstić information content (AvgIpc) is 2.30. The van der Waals surface area contributed by atoms with Gasteiger partial charge in [-0.3, -0.25) is 0 Å². The number of fused-ring (bicyclic) bond motifs is 1. The third-order valence-electron chi connectivity index (χ3n) is 2.19. The highest BCUT2D eigenvalue weighted by atomic mass is 16.5. The van der Waals surface area contributed by atoms with Crippen molar-refractivity contribution in [1.29, 1.82) is 0 Å². The van der Waals surface area contributed by atoms with E-state index in [0.29, 0.717) is 5.75 Å². The summed E-state index contributed by atoms with van der Waals surface area (Å²) in [6.07, 6.45) is 2.63. The minimum Gasteiger partial charge on any atom is -0.423 e. The van der Waals surface area contributed by atoms with Gasteiger partial charge in [0.15, 0.2) is 0 Å². The first-order chi connectivity index (χ1) is 7.70. The van der Waals surface area contributed by atoms with Crippen molar-refractivity contribution in [3.63, 3.8) is 0 Å². The lowest BCUT2D eigenvalue weighted by molar-refractivity contribution is -0.128. The van der Waals surface area contributed by atoms with Crippen LogP contribution in [0.25, 0.3) is 10.9 Å². The van der Waals surface area contributed by atoms with Gasteiger partial charge in [-0.1, -0.05) is 6.58 Å². The number of rotatable bonds is 2. The lowest BCUT2D eigenvalue weighted by Gasteiger charge is -2.04. The van der Waals surface area contributed by atoms with Crippen LogP contribution >= 0.6 is 0 Å². The van der Waals surface area contributed by atoms with E-state index in [1.807, 2.05) is 6.92 Å². The molecule has 2 rings (SSSR count). The van der Waals surface area contributed by atoms with E-state index in [4.69, 9.17) is 4.74 Å². The molecule has 80 valence electrons. The minimum atomic E-state index is -0.478. The van der Waals surface area contributed by atoms with Crippen LogP contribution in [0.5, 0.6) is 5.75 Å². The third-order valence-corrected chi connectivity index (χ3v) is 2.19. The second-order valence-electron chi connectivity index (χ2n) is 3.26. The molecule has 0 aliphatic carbocycles. The van der Waals surface area contributed by atoms with Crippen molar-refractivity contribution in [2.45, 2.75) is 6.92 Å². The molecule has 16 heavy (non-hydrogen) atoms. The van der Waals surface area contributed by atoms with Crippen LogP contribution in [0.2, 0.25) is 0 Å². The predicted octanol–water partition coefficient (Wildman–Crippen LogP) is 2.03. The number of benzene rings is 1. The average molecular weight is 214 g/mol. The summed E-state index contributed by atoms with van der Waals surface area (Å²) in [7, 11) is 0. The first-order valence-electron chi connectivity index (χ1n) is 4.76. The molecule has 2 aromatic rings. The molecule has 0 unspecified atom stereocenters. The first kappa shape index (κ1) is 10.3.